The monoisotopic (exact) mass is 367 g/mol. The first-order valence-corrected chi connectivity index (χ1v) is 7.71. The van der Waals surface area contributed by atoms with Crippen LogP contribution in [-0.2, 0) is 6.42 Å². The van der Waals surface area contributed by atoms with Crippen LogP contribution in [0.4, 0.5) is 11.4 Å². The highest BCUT2D eigenvalue weighted by atomic mass is 35.5. The summed E-state index contributed by atoms with van der Waals surface area (Å²) in [5.41, 5.74) is 9.64. The summed E-state index contributed by atoms with van der Waals surface area (Å²) < 4.78 is 0. The topological polar surface area (TPSA) is 58.4 Å². The van der Waals surface area contributed by atoms with Crippen LogP contribution in [0, 0.1) is 0 Å². The van der Waals surface area contributed by atoms with Crippen LogP contribution >= 0.6 is 24.8 Å². The molecule has 0 saturated heterocycles. The van der Waals surface area contributed by atoms with Crippen LogP contribution in [0.5, 0.6) is 0 Å². The molecule has 0 saturated carbocycles. The zero-order valence-corrected chi connectivity index (χ0v) is 15.0. The number of anilines is 2. The van der Waals surface area contributed by atoms with Gasteiger partial charge >= 0.3 is 0 Å². The van der Waals surface area contributed by atoms with Gasteiger partial charge in [-0.05, 0) is 36.6 Å². The summed E-state index contributed by atoms with van der Waals surface area (Å²) in [6.07, 6.45) is 2.04. The van der Waals surface area contributed by atoms with Crippen molar-refractivity contribution in [3.05, 3.63) is 59.7 Å². The van der Waals surface area contributed by atoms with Crippen molar-refractivity contribution in [2.75, 3.05) is 30.3 Å². The molecule has 0 unspecified atom stereocenters. The normalized spacial score (nSPS) is 11.9. The number of nitrogen functional groups attached to an aromatic ring is 1. The van der Waals surface area contributed by atoms with Gasteiger partial charge in [-0.25, -0.2) is 0 Å². The van der Waals surface area contributed by atoms with Crippen LogP contribution in [0.15, 0.2) is 48.5 Å². The van der Waals surface area contributed by atoms with Crippen molar-refractivity contribution in [2.45, 2.75) is 12.8 Å². The molecule has 3 rings (SSSR count). The lowest BCUT2D eigenvalue weighted by Crippen LogP contribution is -2.29. The molecule has 0 atom stereocenters. The standard InChI is InChI=1S/C18H21N3O.2ClH/c19-16-8-3-2-7-15(16)18(22)20-11-5-12-21-13-10-14-6-1-4-9-17(14)21;;/h1-4,6-9H,5,10-13,19H2,(H,20,22);2*1H. The number of nitrogens with one attached hydrogen (secondary N) is 1. The number of nitrogens with zero attached hydrogens (tertiary/aromatic N) is 1. The largest absolute Gasteiger partial charge is 0.398 e. The van der Waals surface area contributed by atoms with E-state index in [2.05, 4.69) is 34.5 Å². The molecule has 6 heteroatoms. The van der Waals surface area contributed by atoms with Gasteiger partial charge in [-0.1, -0.05) is 30.3 Å². The van der Waals surface area contributed by atoms with E-state index in [4.69, 9.17) is 5.73 Å². The van der Waals surface area contributed by atoms with Crippen LogP contribution < -0.4 is 16.0 Å². The zero-order chi connectivity index (χ0) is 15.4. The number of halogens is 2. The fraction of sp³-hybridized carbons (Fsp3) is 0.278. The Morgan fingerprint density at radius 3 is 2.58 bits per heavy atom. The molecule has 3 N–H and O–H groups in total. The molecule has 1 aliphatic rings. The fourth-order valence-corrected chi connectivity index (χ4v) is 2.91. The average Bonchev–Trinajstić information content (AvgIpc) is 2.95. The van der Waals surface area contributed by atoms with Gasteiger partial charge in [0.25, 0.3) is 5.91 Å². The SMILES string of the molecule is Cl.Cl.Nc1ccccc1C(=O)NCCCN1CCc2ccccc21. The van der Waals surface area contributed by atoms with E-state index >= 15 is 0 Å². The quantitative estimate of drug-likeness (QED) is 0.629. The Bertz CT molecular complexity index is 679. The van der Waals surface area contributed by atoms with Gasteiger partial charge < -0.3 is 16.0 Å². The molecule has 0 aliphatic carbocycles. The van der Waals surface area contributed by atoms with Gasteiger partial charge in [0.1, 0.15) is 0 Å². The lowest BCUT2D eigenvalue weighted by molar-refractivity contribution is 0.0954. The Morgan fingerprint density at radius 2 is 1.79 bits per heavy atom. The van der Waals surface area contributed by atoms with Gasteiger partial charge in [0, 0.05) is 31.0 Å². The second-order valence-corrected chi connectivity index (χ2v) is 5.56. The van der Waals surface area contributed by atoms with Gasteiger partial charge in [-0.3, -0.25) is 4.79 Å². The van der Waals surface area contributed by atoms with Crippen molar-refractivity contribution < 1.29 is 4.79 Å². The summed E-state index contributed by atoms with van der Waals surface area (Å²) in [6, 6.07) is 15.7. The van der Waals surface area contributed by atoms with Crippen LogP contribution in [-0.4, -0.2) is 25.5 Å². The summed E-state index contributed by atoms with van der Waals surface area (Å²) in [5, 5.41) is 2.94. The molecular formula is C18H23Cl2N3O. The summed E-state index contributed by atoms with van der Waals surface area (Å²) in [4.78, 5) is 14.4. The first-order valence-electron chi connectivity index (χ1n) is 7.71. The maximum absolute atomic E-state index is 12.1. The van der Waals surface area contributed by atoms with Crippen molar-refractivity contribution >= 4 is 42.1 Å². The van der Waals surface area contributed by atoms with Crippen LogP contribution in [0.2, 0.25) is 0 Å². The molecule has 0 bridgehead atoms. The second kappa shape index (κ2) is 9.40. The molecule has 0 aromatic heterocycles. The minimum atomic E-state index is -0.0973. The lowest BCUT2D eigenvalue weighted by atomic mass is 10.1. The van der Waals surface area contributed by atoms with E-state index in [-0.39, 0.29) is 30.7 Å². The number of para-hydroxylation sites is 2. The molecule has 4 nitrogen and oxygen atoms in total. The third-order valence-electron chi connectivity index (χ3n) is 4.08. The number of carbonyl (C=O) groups is 1. The van der Waals surface area contributed by atoms with E-state index in [1.165, 1.54) is 11.3 Å². The number of hydrogen-bond acceptors (Lipinski definition) is 3. The fourth-order valence-electron chi connectivity index (χ4n) is 2.91. The van der Waals surface area contributed by atoms with Gasteiger partial charge in [0.2, 0.25) is 0 Å². The number of nitrogens with two attached hydrogens (primary N) is 1. The number of fused-ring (bicyclic) bond motifs is 1. The van der Waals surface area contributed by atoms with Crippen LogP contribution in [0.3, 0.4) is 0 Å². The zero-order valence-electron chi connectivity index (χ0n) is 13.4. The highest BCUT2D eigenvalue weighted by molar-refractivity contribution is 5.99. The first-order chi connectivity index (χ1) is 10.8. The van der Waals surface area contributed by atoms with Gasteiger partial charge in [0.05, 0.1) is 5.56 Å². The maximum Gasteiger partial charge on any atom is 0.253 e. The lowest BCUT2D eigenvalue weighted by Gasteiger charge is -2.19. The van der Waals surface area contributed by atoms with Gasteiger partial charge in [-0.2, -0.15) is 0 Å². The summed E-state index contributed by atoms with van der Waals surface area (Å²) in [6.45, 7) is 2.69. The maximum atomic E-state index is 12.1. The molecular weight excluding hydrogens is 345 g/mol. The number of rotatable bonds is 5. The van der Waals surface area contributed by atoms with E-state index in [9.17, 15) is 4.79 Å². The molecule has 0 spiro atoms. The van der Waals surface area contributed by atoms with Crippen molar-refractivity contribution in [3.63, 3.8) is 0 Å². The summed E-state index contributed by atoms with van der Waals surface area (Å²) >= 11 is 0. The smallest absolute Gasteiger partial charge is 0.253 e. The minimum Gasteiger partial charge on any atom is -0.398 e. The molecule has 2 aromatic rings. The van der Waals surface area contributed by atoms with E-state index in [1.807, 2.05) is 12.1 Å². The second-order valence-electron chi connectivity index (χ2n) is 5.56. The molecule has 0 fully saturated rings. The Hall–Kier alpha value is -1.91. The van der Waals surface area contributed by atoms with Crippen molar-refractivity contribution in [2.24, 2.45) is 0 Å². The first kappa shape index (κ1) is 20.1. The Labute approximate surface area is 155 Å². The van der Waals surface area contributed by atoms with Crippen molar-refractivity contribution in [1.82, 2.24) is 5.32 Å². The predicted molar refractivity (Wildman–Crippen MR) is 105 cm³/mol. The van der Waals surface area contributed by atoms with E-state index in [0.717, 1.165) is 25.9 Å². The Balaban J connectivity index is 0.00000144. The van der Waals surface area contributed by atoms with Gasteiger partial charge in [-0.15, -0.1) is 24.8 Å². The molecule has 0 radical (unpaired) electrons. The summed E-state index contributed by atoms with van der Waals surface area (Å²) in [7, 11) is 0. The van der Waals surface area contributed by atoms with E-state index < -0.39 is 0 Å². The third-order valence-corrected chi connectivity index (χ3v) is 4.08. The van der Waals surface area contributed by atoms with E-state index in [1.54, 1.807) is 12.1 Å². The minimum absolute atomic E-state index is 0. The predicted octanol–water partition coefficient (Wildman–Crippen LogP) is 3.30. The molecule has 1 heterocycles. The van der Waals surface area contributed by atoms with E-state index in [0.29, 0.717) is 17.8 Å². The average molecular weight is 368 g/mol. The number of amides is 1. The Morgan fingerprint density at radius 1 is 1.08 bits per heavy atom. The molecule has 1 aliphatic heterocycles. The van der Waals surface area contributed by atoms with Crippen molar-refractivity contribution in [1.29, 1.82) is 0 Å². The Kier molecular flexibility index (Phi) is 7.89. The number of hydrogen-bond donors (Lipinski definition) is 2. The number of carbonyl (C=O) groups excluding carboxylic acids is 1. The highest BCUT2D eigenvalue weighted by Crippen LogP contribution is 2.27. The molecule has 24 heavy (non-hydrogen) atoms. The third kappa shape index (κ3) is 4.56. The van der Waals surface area contributed by atoms with Crippen LogP contribution in [0.25, 0.3) is 0 Å². The highest BCUT2D eigenvalue weighted by Gasteiger charge is 2.17. The summed E-state index contributed by atoms with van der Waals surface area (Å²) in [5.74, 6) is -0.0973. The number of benzene rings is 2. The molecule has 2 aromatic carbocycles. The van der Waals surface area contributed by atoms with Gasteiger partial charge in [0.15, 0.2) is 0 Å². The van der Waals surface area contributed by atoms with Crippen LogP contribution in [0.1, 0.15) is 22.3 Å². The molecule has 1 amide bonds. The van der Waals surface area contributed by atoms with Crippen molar-refractivity contribution in [3.8, 4) is 0 Å². The molecule has 130 valence electrons.